The number of nitrogens with zero attached hydrogens (tertiary/aromatic N) is 1. The molecule has 4 nitrogen and oxygen atoms in total. The summed E-state index contributed by atoms with van der Waals surface area (Å²) in [5, 5.41) is 2.49. The Hall–Kier alpha value is -1.98. The average molecular weight is 350 g/mol. The van der Waals surface area contributed by atoms with Crippen LogP contribution in [0.15, 0.2) is 18.2 Å². The number of hydrogen-bond acceptors (Lipinski definition) is 2. The van der Waals surface area contributed by atoms with Gasteiger partial charge < -0.3 is 10.2 Å². The van der Waals surface area contributed by atoms with Gasteiger partial charge in [0.05, 0.1) is 5.69 Å². The van der Waals surface area contributed by atoms with Crippen molar-refractivity contribution in [2.75, 3.05) is 11.9 Å². The van der Waals surface area contributed by atoms with Gasteiger partial charge in [0.15, 0.2) is 0 Å². The Morgan fingerprint density at radius 1 is 1.28 bits per heavy atom. The van der Waals surface area contributed by atoms with E-state index in [0.717, 1.165) is 18.6 Å². The summed E-state index contributed by atoms with van der Waals surface area (Å²) in [5.41, 5.74) is -1.04. The van der Waals surface area contributed by atoms with Crippen molar-refractivity contribution in [3.63, 3.8) is 0 Å². The molecule has 1 atom stereocenters. The van der Waals surface area contributed by atoms with Crippen LogP contribution < -0.4 is 5.32 Å². The first kappa shape index (κ1) is 17.8. The highest BCUT2D eigenvalue weighted by molar-refractivity contribution is 6.01. The van der Waals surface area contributed by atoms with Crippen LogP contribution in [-0.4, -0.2) is 28.8 Å². The number of amides is 2. The highest BCUT2D eigenvalue weighted by Gasteiger charge is 2.49. The zero-order chi connectivity index (χ0) is 18.0. The summed E-state index contributed by atoms with van der Waals surface area (Å²) < 4.78 is 26.7. The Labute approximate surface area is 146 Å². The number of anilines is 1. The summed E-state index contributed by atoms with van der Waals surface area (Å²) >= 11 is 0. The maximum absolute atomic E-state index is 13.7. The molecule has 3 rings (SSSR count). The zero-order valence-corrected chi connectivity index (χ0v) is 14.5. The first-order valence-corrected chi connectivity index (χ1v) is 8.97. The van der Waals surface area contributed by atoms with Crippen LogP contribution in [-0.2, 0) is 9.59 Å². The van der Waals surface area contributed by atoms with Gasteiger partial charge in [-0.15, -0.1) is 0 Å². The summed E-state index contributed by atoms with van der Waals surface area (Å²) in [6.07, 6.45) is 6.73. The van der Waals surface area contributed by atoms with Crippen LogP contribution in [0, 0.1) is 17.6 Å². The predicted octanol–water partition coefficient (Wildman–Crippen LogP) is 3.86. The number of rotatable bonds is 5. The number of halogens is 2. The molecule has 25 heavy (non-hydrogen) atoms. The number of carbonyl (C=O) groups excluding carboxylic acids is 2. The minimum absolute atomic E-state index is 0.0182. The minimum atomic E-state index is -0.965. The van der Waals surface area contributed by atoms with Gasteiger partial charge in [-0.05, 0) is 37.8 Å². The summed E-state index contributed by atoms with van der Waals surface area (Å²) in [4.78, 5) is 26.6. The lowest BCUT2D eigenvalue weighted by Gasteiger charge is -2.49. The third kappa shape index (κ3) is 3.67. The lowest BCUT2D eigenvalue weighted by molar-refractivity contribution is -0.155. The van der Waals surface area contributed by atoms with Crippen molar-refractivity contribution in [3.8, 4) is 0 Å². The van der Waals surface area contributed by atoms with Crippen LogP contribution in [0.25, 0.3) is 0 Å². The normalized spacial score (nSPS) is 23.4. The summed E-state index contributed by atoms with van der Waals surface area (Å²) in [7, 11) is 0. The Morgan fingerprint density at radius 2 is 2.00 bits per heavy atom. The number of benzene rings is 1. The van der Waals surface area contributed by atoms with Crippen molar-refractivity contribution >= 4 is 17.5 Å². The van der Waals surface area contributed by atoms with Gasteiger partial charge in [0, 0.05) is 19.0 Å². The fourth-order valence-corrected chi connectivity index (χ4v) is 3.80. The zero-order valence-electron chi connectivity index (χ0n) is 14.5. The van der Waals surface area contributed by atoms with Crippen molar-refractivity contribution in [1.82, 2.24) is 4.90 Å². The third-order valence-corrected chi connectivity index (χ3v) is 5.63. The van der Waals surface area contributed by atoms with Gasteiger partial charge in [0.1, 0.15) is 17.2 Å². The SMILES string of the molecule is CC1(C(=O)Nc2ccc(F)cc2F)CCN1C(=O)CCC1CCCC1. The number of likely N-dealkylation sites (tertiary alicyclic amines) is 1. The highest BCUT2D eigenvalue weighted by atomic mass is 19.1. The second-order valence-electron chi connectivity index (χ2n) is 7.34. The lowest BCUT2D eigenvalue weighted by atomic mass is 9.84. The van der Waals surface area contributed by atoms with Crippen molar-refractivity contribution in [2.24, 2.45) is 5.92 Å². The van der Waals surface area contributed by atoms with Crippen LogP contribution >= 0.6 is 0 Å². The first-order chi connectivity index (χ1) is 11.9. The van der Waals surface area contributed by atoms with E-state index in [4.69, 9.17) is 0 Å². The van der Waals surface area contributed by atoms with Gasteiger partial charge in [-0.3, -0.25) is 9.59 Å². The molecule has 1 N–H and O–H groups in total. The first-order valence-electron chi connectivity index (χ1n) is 8.97. The largest absolute Gasteiger partial charge is 0.328 e. The molecule has 1 saturated carbocycles. The van der Waals surface area contributed by atoms with Crippen LogP contribution in [0.3, 0.4) is 0 Å². The maximum atomic E-state index is 13.7. The van der Waals surface area contributed by atoms with Crippen molar-refractivity contribution < 1.29 is 18.4 Å². The molecule has 0 spiro atoms. The molecule has 2 fully saturated rings. The average Bonchev–Trinajstić information content (AvgIpc) is 3.07. The van der Waals surface area contributed by atoms with Gasteiger partial charge in [-0.2, -0.15) is 0 Å². The van der Waals surface area contributed by atoms with Gasteiger partial charge in [-0.1, -0.05) is 25.7 Å². The standard InChI is InChI=1S/C19H24F2N2O2/c1-19(18(25)22-16-8-7-14(20)12-15(16)21)10-11-23(19)17(24)9-6-13-4-2-3-5-13/h7-8,12-13H,2-6,9-11H2,1H3,(H,22,25). The molecule has 1 saturated heterocycles. The molecule has 0 bridgehead atoms. The second-order valence-corrected chi connectivity index (χ2v) is 7.34. The molecule has 1 aliphatic heterocycles. The predicted molar refractivity (Wildman–Crippen MR) is 90.9 cm³/mol. The maximum Gasteiger partial charge on any atom is 0.250 e. The molecular formula is C19H24F2N2O2. The van der Waals surface area contributed by atoms with Crippen molar-refractivity contribution in [3.05, 3.63) is 29.8 Å². The van der Waals surface area contributed by atoms with E-state index in [0.29, 0.717) is 25.3 Å². The van der Waals surface area contributed by atoms with Crippen molar-refractivity contribution in [2.45, 2.75) is 57.4 Å². The third-order valence-electron chi connectivity index (χ3n) is 5.63. The molecule has 1 unspecified atom stereocenters. The minimum Gasteiger partial charge on any atom is -0.328 e. The molecule has 1 aromatic rings. The Bertz CT molecular complexity index is 673. The van der Waals surface area contributed by atoms with Gasteiger partial charge in [0.25, 0.3) is 0 Å². The van der Waals surface area contributed by atoms with Crippen LogP contribution in [0.4, 0.5) is 14.5 Å². The van der Waals surface area contributed by atoms with E-state index in [2.05, 4.69) is 5.32 Å². The Kier molecular flexibility index (Phi) is 5.06. The van der Waals surface area contributed by atoms with Gasteiger partial charge in [0.2, 0.25) is 11.8 Å². The van der Waals surface area contributed by atoms with Crippen molar-refractivity contribution in [1.29, 1.82) is 0 Å². The molecular weight excluding hydrogens is 326 g/mol. The molecule has 6 heteroatoms. The van der Waals surface area contributed by atoms with Crippen LogP contribution in [0.5, 0.6) is 0 Å². The monoisotopic (exact) mass is 350 g/mol. The molecule has 1 heterocycles. The molecule has 2 amide bonds. The number of hydrogen-bond donors (Lipinski definition) is 1. The molecule has 1 aromatic carbocycles. The Balaban J connectivity index is 1.59. The topological polar surface area (TPSA) is 49.4 Å². The lowest BCUT2D eigenvalue weighted by Crippen LogP contribution is -2.66. The molecule has 1 aliphatic carbocycles. The summed E-state index contributed by atoms with van der Waals surface area (Å²) in [6, 6.07) is 3.01. The van der Waals surface area contributed by atoms with E-state index in [1.165, 1.54) is 31.7 Å². The van der Waals surface area contributed by atoms with Crippen LogP contribution in [0.2, 0.25) is 0 Å². The smallest absolute Gasteiger partial charge is 0.250 e. The van der Waals surface area contributed by atoms with E-state index in [1.54, 1.807) is 11.8 Å². The van der Waals surface area contributed by atoms with E-state index in [1.807, 2.05) is 0 Å². The summed E-state index contributed by atoms with van der Waals surface area (Å²) in [5.74, 6) is -1.35. The molecule has 2 aliphatic rings. The fourth-order valence-electron chi connectivity index (χ4n) is 3.80. The highest BCUT2D eigenvalue weighted by Crippen LogP contribution is 2.34. The quantitative estimate of drug-likeness (QED) is 0.876. The molecule has 0 aromatic heterocycles. The van der Waals surface area contributed by atoms with Gasteiger partial charge >= 0.3 is 0 Å². The Morgan fingerprint density at radius 3 is 2.60 bits per heavy atom. The van der Waals surface area contributed by atoms with E-state index in [9.17, 15) is 18.4 Å². The molecule has 136 valence electrons. The van der Waals surface area contributed by atoms with E-state index >= 15 is 0 Å². The number of carbonyl (C=O) groups is 2. The number of nitrogens with one attached hydrogen (secondary N) is 1. The van der Waals surface area contributed by atoms with Gasteiger partial charge in [-0.25, -0.2) is 8.78 Å². The summed E-state index contributed by atoms with van der Waals surface area (Å²) in [6.45, 7) is 2.24. The second kappa shape index (κ2) is 7.10. The van der Waals surface area contributed by atoms with E-state index in [-0.39, 0.29) is 11.6 Å². The molecule has 0 radical (unpaired) electrons. The van der Waals surface area contributed by atoms with E-state index < -0.39 is 23.1 Å². The van der Waals surface area contributed by atoms with Crippen LogP contribution in [0.1, 0.15) is 51.9 Å². The fraction of sp³-hybridized carbons (Fsp3) is 0.579.